The predicted molar refractivity (Wildman–Crippen MR) is 95.4 cm³/mol. The Labute approximate surface area is 144 Å². The van der Waals surface area contributed by atoms with Gasteiger partial charge in [-0.3, -0.25) is 4.79 Å². The number of ether oxygens (including phenoxy) is 1. The highest BCUT2D eigenvalue weighted by Crippen LogP contribution is 2.30. The maximum atomic E-state index is 12.2. The van der Waals surface area contributed by atoms with Crippen molar-refractivity contribution in [2.75, 3.05) is 5.73 Å². The fourth-order valence-corrected chi connectivity index (χ4v) is 2.97. The average molecular weight is 339 g/mol. The summed E-state index contributed by atoms with van der Waals surface area (Å²) in [6.45, 7) is 2.39. The molecule has 0 atom stereocenters. The quantitative estimate of drug-likeness (QED) is 0.742. The molecule has 3 rings (SSSR count). The van der Waals surface area contributed by atoms with E-state index in [1.807, 2.05) is 42.6 Å². The summed E-state index contributed by atoms with van der Waals surface area (Å²) >= 11 is 1.55. The fourth-order valence-electron chi connectivity index (χ4n) is 2.18. The Kier molecular flexibility index (Phi) is 4.77. The predicted octanol–water partition coefficient (Wildman–Crippen LogP) is 3.76. The standard InChI is InChI=1S/C18H17N3O2S/c1-12-7-9-24-18(12)23-14-5-2-4-13(10-14)11-21-17(22)15-6-3-8-20-16(15)19/h2-10H,11H2,1H3,(H2,19,20)(H,21,22). The first-order valence-corrected chi connectivity index (χ1v) is 8.31. The van der Waals surface area contributed by atoms with Gasteiger partial charge in [-0.1, -0.05) is 12.1 Å². The van der Waals surface area contributed by atoms with Crippen molar-refractivity contribution in [1.29, 1.82) is 0 Å². The topological polar surface area (TPSA) is 77.2 Å². The third-order valence-electron chi connectivity index (χ3n) is 3.46. The lowest BCUT2D eigenvalue weighted by molar-refractivity contribution is 0.0951. The molecule has 0 aliphatic heterocycles. The first-order chi connectivity index (χ1) is 11.6. The largest absolute Gasteiger partial charge is 0.446 e. The van der Waals surface area contributed by atoms with Gasteiger partial charge >= 0.3 is 0 Å². The molecular formula is C18H17N3O2S. The minimum atomic E-state index is -0.249. The first kappa shape index (κ1) is 16.0. The SMILES string of the molecule is Cc1ccsc1Oc1cccc(CNC(=O)c2cccnc2N)c1. The van der Waals surface area contributed by atoms with Gasteiger partial charge in [0, 0.05) is 18.3 Å². The summed E-state index contributed by atoms with van der Waals surface area (Å²) in [5.74, 6) is 0.717. The van der Waals surface area contributed by atoms with Crippen molar-refractivity contribution in [2.24, 2.45) is 0 Å². The molecule has 0 radical (unpaired) electrons. The lowest BCUT2D eigenvalue weighted by atomic mass is 10.2. The number of aromatic nitrogens is 1. The summed E-state index contributed by atoms with van der Waals surface area (Å²) in [5.41, 5.74) is 8.13. The van der Waals surface area contributed by atoms with Crippen LogP contribution in [0.15, 0.2) is 54.0 Å². The summed E-state index contributed by atoms with van der Waals surface area (Å²) in [6, 6.07) is 13.0. The zero-order valence-electron chi connectivity index (χ0n) is 13.2. The molecule has 0 fully saturated rings. The Morgan fingerprint density at radius 2 is 2.17 bits per heavy atom. The zero-order valence-corrected chi connectivity index (χ0v) is 14.0. The monoisotopic (exact) mass is 339 g/mol. The molecule has 5 nitrogen and oxygen atoms in total. The molecular weight excluding hydrogens is 322 g/mol. The van der Waals surface area contributed by atoms with Crippen LogP contribution in [0.2, 0.25) is 0 Å². The second-order valence-electron chi connectivity index (χ2n) is 5.26. The highest BCUT2D eigenvalue weighted by Gasteiger charge is 2.10. The van der Waals surface area contributed by atoms with E-state index in [4.69, 9.17) is 10.5 Å². The number of nitrogens with two attached hydrogens (primary N) is 1. The molecule has 2 heterocycles. The number of nitrogens with zero attached hydrogens (tertiary/aromatic N) is 1. The number of nitrogens with one attached hydrogen (secondary N) is 1. The molecule has 0 aliphatic carbocycles. The van der Waals surface area contributed by atoms with E-state index in [1.54, 1.807) is 29.7 Å². The van der Waals surface area contributed by atoms with Crippen molar-refractivity contribution in [3.8, 4) is 10.8 Å². The number of carbonyl (C=O) groups excluding carboxylic acids is 1. The van der Waals surface area contributed by atoms with Gasteiger partial charge in [0.2, 0.25) is 0 Å². The molecule has 0 saturated carbocycles. The van der Waals surface area contributed by atoms with Crippen molar-refractivity contribution >= 4 is 23.1 Å². The first-order valence-electron chi connectivity index (χ1n) is 7.43. The third kappa shape index (κ3) is 3.72. The van der Waals surface area contributed by atoms with Crippen LogP contribution in [0.4, 0.5) is 5.82 Å². The summed E-state index contributed by atoms with van der Waals surface area (Å²) in [4.78, 5) is 16.1. The van der Waals surface area contributed by atoms with E-state index in [9.17, 15) is 4.79 Å². The number of hydrogen-bond donors (Lipinski definition) is 2. The molecule has 0 saturated heterocycles. The number of carbonyl (C=O) groups is 1. The molecule has 2 aromatic heterocycles. The zero-order chi connectivity index (χ0) is 16.9. The van der Waals surface area contributed by atoms with Gasteiger partial charge < -0.3 is 15.8 Å². The van der Waals surface area contributed by atoms with Gasteiger partial charge in [-0.2, -0.15) is 0 Å². The van der Waals surface area contributed by atoms with Crippen LogP contribution in [0, 0.1) is 6.92 Å². The summed E-state index contributed by atoms with van der Waals surface area (Å²) in [5, 5.41) is 5.71. The lowest BCUT2D eigenvalue weighted by Gasteiger charge is -2.09. The number of pyridine rings is 1. The van der Waals surface area contributed by atoms with Crippen molar-refractivity contribution < 1.29 is 9.53 Å². The lowest BCUT2D eigenvalue weighted by Crippen LogP contribution is -2.24. The van der Waals surface area contributed by atoms with Crippen molar-refractivity contribution in [3.63, 3.8) is 0 Å². The average Bonchev–Trinajstić information content (AvgIpc) is 2.98. The summed E-state index contributed by atoms with van der Waals surface area (Å²) < 4.78 is 5.88. The van der Waals surface area contributed by atoms with Gasteiger partial charge in [0.05, 0.1) is 5.56 Å². The van der Waals surface area contributed by atoms with Crippen LogP contribution in [0.1, 0.15) is 21.5 Å². The number of hydrogen-bond acceptors (Lipinski definition) is 5. The van der Waals surface area contributed by atoms with Gasteiger partial charge in [0.25, 0.3) is 5.91 Å². The number of aryl methyl sites for hydroxylation is 1. The number of anilines is 1. The molecule has 3 N–H and O–H groups in total. The summed E-state index contributed by atoms with van der Waals surface area (Å²) in [7, 11) is 0. The molecule has 3 aromatic rings. The molecule has 1 aromatic carbocycles. The van der Waals surface area contributed by atoms with Crippen LogP contribution in [0.5, 0.6) is 10.8 Å². The maximum Gasteiger partial charge on any atom is 0.255 e. The Morgan fingerprint density at radius 1 is 1.29 bits per heavy atom. The van der Waals surface area contributed by atoms with Gasteiger partial charge in [-0.25, -0.2) is 4.98 Å². The van der Waals surface area contributed by atoms with Gasteiger partial charge in [0.15, 0.2) is 5.06 Å². The van der Waals surface area contributed by atoms with Gasteiger partial charge in [-0.15, -0.1) is 11.3 Å². The Balaban J connectivity index is 1.66. The Hall–Kier alpha value is -2.86. The number of benzene rings is 1. The van der Waals surface area contributed by atoms with E-state index in [2.05, 4.69) is 10.3 Å². The smallest absolute Gasteiger partial charge is 0.255 e. The number of nitrogen functional groups attached to an aromatic ring is 1. The van der Waals surface area contributed by atoms with Crippen molar-refractivity contribution in [3.05, 3.63) is 70.7 Å². The highest BCUT2D eigenvalue weighted by molar-refractivity contribution is 7.12. The van der Waals surface area contributed by atoms with E-state index < -0.39 is 0 Å². The van der Waals surface area contributed by atoms with E-state index in [-0.39, 0.29) is 11.7 Å². The third-order valence-corrected chi connectivity index (χ3v) is 4.35. The van der Waals surface area contributed by atoms with E-state index in [1.165, 1.54) is 0 Å². The van der Waals surface area contributed by atoms with Gasteiger partial charge in [0.1, 0.15) is 11.6 Å². The second kappa shape index (κ2) is 7.14. The minimum Gasteiger partial charge on any atom is -0.446 e. The van der Waals surface area contributed by atoms with Crippen LogP contribution >= 0.6 is 11.3 Å². The Bertz CT molecular complexity index is 861. The van der Waals surface area contributed by atoms with Crippen LogP contribution in [0.25, 0.3) is 0 Å². The number of thiophene rings is 1. The second-order valence-corrected chi connectivity index (χ2v) is 6.14. The van der Waals surface area contributed by atoms with Gasteiger partial charge in [-0.05, 0) is 48.2 Å². The molecule has 24 heavy (non-hydrogen) atoms. The van der Waals surface area contributed by atoms with Crippen LogP contribution in [-0.2, 0) is 6.54 Å². The Morgan fingerprint density at radius 3 is 2.92 bits per heavy atom. The van der Waals surface area contributed by atoms with Crippen LogP contribution < -0.4 is 15.8 Å². The molecule has 0 unspecified atom stereocenters. The molecule has 0 spiro atoms. The van der Waals surface area contributed by atoms with Crippen LogP contribution in [-0.4, -0.2) is 10.9 Å². The molecule has 122 valence electrons. The normalized spacial score (nSPS) is 10.4. The van der Waals surface area contributed by atoms with E-state index in [0.717, 1.165) is 21.9 Å². The number of rotatable bonds is 5. The van der Waals surface area contributed by atoms with E-state index in [0.29, 0.717) is 12.1 Å². The van der Waals surface area contributed by atoms with E-state index >= 15 is 0 Å². The molecule has 0 aliphatic rings. The van der Waals surface area contributed by atoms with Crippen molar-refractivity contribution in [1.82, 2.24) is 10.3 Å². The highest BCUT2D eigenvalue weighted by atomic mass is 32.1. The fraction of sp³-hybridized carbons (Fsp3) is 0.111. The van der Waals surface area contributed by atoms with Crippen molar-refractivity contribution in [2.45, 2.75) is 13.5 Å². The molecule has 6 heteroatoms. The molecule has 0 bridgehead atoms. The minimum absolute atomic E-state index is 0.222. The number of amides is 1. The maximum absolute atomic E-state index is 12.2. The molecule has 1 amide bonds. The summed E-state index contributed by atoms with van der Waals surface area (Å²) in [6.07, 6.45) is 1.56. The van der Waals surface area contributed by atoms with Crippen LogP contribution in [0.3, 0.4) is 0 Å².